The summed E-state index contributed by atoms with van der Waals surface area (Å²) < 4.78 is 12.3. The highest BCUT2D eigenvalue weighted by Gasteiger charge is 2.42. The van der Waals surface area contributed by atoms with Crippen molar-refractivity contribution in [3.8, 4) is 17.6 Å². The van der Waals surface area contributed by atoms with Crippen LogP contribution in [0.15, 0.2) is 24.4 Å². The standard InChI is InChI=1S/C23H26N4O4/c1-13(2)30-21-10-16-18(9-17(21)23(25)29)26-6-4-19(16)31-20-8-14-7-15(20)12-27(11-14)22(28)3-5-24/h4,6,9-10,13-15,20H,3,7-8,11-12H2,1-2H3,(H2,25,29)/t14?,15-,20-/m0/s1. The van der Waals surface area contributed by atoms with E-state index in [0.29, 0.717) is 36.0 Å². The molecule has 8 heteroatoms. The number of nitrogens with zero attached hydrogens (tertiary/aromatic N) is 3. The number of rotatable bonds is 6. The molecule has 2 heterocycles. The Morgan fingerprint density at radius 2 is 2.10 bits per heavy atom. The minimum atomic E-state index is -0.572. The van der Waals surface area contributed by atoms with Crippen molar-refractivity contribution in [2.24, 2.45) is 17.6 Å². The van der Waals surface area contributed by atoms with Crippen LogP contribution in [-0.2, 0) is 4.79 Å². The van der Waals surface area contributed by atoms with Gasteiger partial charge in [-0.3, -0.25) is 14.6 Å². The molecule has 0 spiro atoms. The number of ether oxygens (including phenoxy) is 2. The molecule has 31 heavy (non-hydrogen) atoms. The number of hydrogen-bond donors (Lipinski definition) is 1. The first-order chi connectivity index (χ1) is 14.9. The molecule has 2 fully saturated rings. The van der Waals surface area contributed by atoms with E-state index >= 15 is 0 Å². The topological polar surface area (TPSA) is 119 Å². The van der Waals surface area contributed by atoms with E-state index in [2.05, 4.69) is 4.98 Å². The van der Waals surface area contributed by atoms with Crippen LogP contribution in [0.1, 0.15) is 43.5 Å². The van der Waals surface area contributed by atoms with Crippen molar-refractivity contribution in [2.75, 3.05) is 13.1 Å². The molecule has 2 aliphatic rings. The van der Waals surface area contributed by atoms with Crippen LogP contribution in [0.4, 0.5) is 0 Å². The van der Waals surface area contributed by atoms with Crippen LogP contribution in [-0.4, -0.2) is 47.0 Å². The first kappa shape index (κ1) is 20.9. The number of primary amides is 1. The minimum Gasteiger partial charge on any atom is -0.490 e. The molecule has 1 aliphatic heterocycles. The number of nitrogens with two attached hydrogens (primary N) is 1. The van der Waals surface area contributed by atoms with Crippen LogP contribution < -0.4 is 15.2 Å². The highest BCUT2D eigenvalue weighted by molar-refractivity contribution is 6.01. The van der Waals surface area contributed by atoms with E-state index in [1.807, 2.05) is 26.0 Å². The molecular weight excluding hydrogens is 396 g/mol. The fourth-order valence-corrected chi connectivity index (χ4v) is 4.69. The first-order valence-corrected chi connectivity index (χ1v) is 10.6. The minimum absolute atomic E-state index is 0.0271. The molecule has 1 unspecified atom stereocenters. The lowest BCUT2D eigenvalue weighted by Crippen LogP contribution is -2.42. The van der Waals surface area contributed by atoms with Crippen molar-refractivity contribution in [1.82, 2.24) is 9.88 Å². The predicted molar refractivity (Wildman–Crippen MR) is 113 cm³/mol. The highest BCUT2D eigenvalue weighted by atomic mass is 16.5. The summed E-state index contributed by atoms with van der Waals surface area (Å²) in [5.74, 6) is 0.995. The fourth-order valence-electron chi connectivity index (χ4n) is 4.69. The molecule has 0 radical (unpaired) electrons. The van der Waals surface area contributed by atoms with Crippen LogP contribution in [0.3, 0.4) is 0 Å². The molecule has 1 aromatic heterocycles. The number of aromatic nitrogens is 1. The second-order valence-corrected chi connectivity index (χ2v) is 8.59. The summed E-state index contributed by atoms with van der Waals surface area (Å²) in [6, 6.07) is 7.16. The van der Waals surface area contributed by atoms with Gasteiger partial charge in [-0.2, -0.15) is 5.26 Å². The molecule has 3 atom stereocenters. The third-order valence-corrected chi connectivity index (χ3v) is 5.95. The Balaban J connectivity index is 1.61. The van der Waals surface area contributed by atoms with Gasteiger partial charge in [-0.15, -0.1) is 0 Å². The number of pyridine rings is 1. The fraction of sp³-hybridized carbons (Fsp3) is 0.478. The molecule has 2 aromatic rings. The molecular formula is C23H26N4O4. The lowest BCUT2D eigenvalue weighted by Gasteiger charge is -2.32. The monoisotopic (exact) mass is 422 g/mol. The van der Waals surface area contributed by atoms with Gasteiger partial charge in [0, 0.05) is 30.6 Å². The van der Waals surface area contributed by atoms with E-state index in [1.54, 1.807) is 23.2 Å². The molecule has 1 saturated heterocycles. The summed E-state index contributed by atoms with van der Waals surface area (Å²) in [4.78, 5) is 30.2. The molecule has 2 amide bonds. The Kier molecular flexibility index (Phi) is 5.68. The maximum absolute atomic E-state index is 12.2. The van der Waals surface area contributed by atoms with Crippen LogP contribution in [0.2, 0.25) is 0 Å². The Bertz CT molecular complexity index is 1060. The average Bonchev–Trinajstić information content (AvgIpc) is 3.00. The van der Waals surface area contributed by atoms with Crippen molar-refractivity contribution in [1.29, 1.82) is 5.26 Å². The number of fused-ring (bicyclic) bond motifs is 3. The van der Waals surface area contributed by atoms with E-state index < -0.39 is 5.91 Å². The van der Waals surface area contributed by atoms with Crippen molar-refractivity contribution in [3.05, 3.63) is 30.0 Å². The Labute approximate surface area is 180 Å². The molecule has 1 aliphatic carbocycles. The number of nitriles is 1. The van der Waals surface area contributed by atoms with Gasteiger partial charge in [0.1, 0.15) is 24.0 Å². The molecule has 1 saturated carbocycles. The number of likely N-dealkylation sites (tertiary alicyclic amines) is 1. The van der Waals surface area contributed by atoms with Gasteiger partial charge in [0.05, 0.1) is 23.3 Å². The molecule has 1 aromatic carbocycles. The second-order valence-electron chi connectivity index (χ2n) is 8.59. The van der Waals surface area contributed by atoms with Gasteiger partial charge in [0.15, 0.2) is 0 Å². The molecule has 162 valence electrons. The van der Waals surface area contributed by atoms with Crippen LogP contribution in [0.5, 0.6) is 11.5 Å². The van der Waals surface area contributed by atoms with Crippen LogP contribution in [0, 0.1) is 23.2 Å². The first-order valence-electron chi connectivity index (χ1n) is 10.6. The number of carbonyl (C=O) groups is 2. The van der Waals surface area contributed by atoms with Gasteiger partial charge < -0.3 is 20.1 Å². The van der Waals surface area contributed by atoms with Gasteiger partial charge in [-0.05, 0) is 50.8 Å². The van der Waals surface area contributed by atoms with E-state index in [-0.39, 0.29) is 36.0 Å². The summed E-state index contributed by atoms with van der Waals surface area (Å²) in [6.07, 6.45) is 3.29. The Hall–Kier alpha value is -3.34. The van der Waals surface area contributed by atoms with Crippen molar-refractivity contribution in [3.63, 3.8) is 0 Å². The molecule has 2 N–H and O–H groups in total. The molecule has 2 bridgehead atoms. The van der Waals surface area contributed by atoms with Crippen LogP contribution >= 0.6 is 0 Å². The lowest BCUT2D eigenvalue weighted by atomic mass is 9.98. The number of benzene rings is 1. The van der Waals surface area contributed by atoms with Crippen molar-refractivity contribution in [2.45, 2.75) is 45.3 Å². The summed E-state index contributed by atoms with van der Waals surface area (Å²) in [5.41, 5.74) is 6.43. The molecule has 8 nitrogen and oxygen atoms in total. The normalized spacial score (nSPS) is 22.4. The third-order valence-electron chi connectivity index (χ3n) is 5.95. The van der Waals surface area contributed by atoms with Gasteiger partial charge in [0.25, 0.3) is 5.91 Å². The second kappa shape index (κ2) is 8.42. The SMILES string of the molecule is CC(C)Oc1cc2c(O[C@H]3CC4C[C@H]3CN(C(=O)CC#N)C4)ccnc2cc1C(N)=O. The third kappa shape index (κ3) is 4.26. The maximum Gasteiger partial charge on any atom is 0.252 e. The quantitative estimate of drug-likeness (QED) is 0.764. The van der Waals surface area contributed by atoms with E-state index in [4.69, 9.17) is 20.5 Å². The van der Waals surface area contributed by atoms with Gasteiger partial charge in [-0.25, -0.2) is 0 Å². The Morgan fingerprint density at radius 1 is 1.29 bits per heavy atom. The maximum atomic E-state index is 12.2. The van der Waals surface area contributed by atoms with Gasteiger partial charge in [-0.1, -0.05) is 0 Å². The molecule has 4 rings (SSSR count). The summed E-state index contributed by atoms with van der Waals surface area (Å²) in [5, 5.41) is 9.58. The largest absolute Gasteiger partial charge is 0.490 e. The van der Waals surface area contributed by atoms with Crippen molar-refractivity contribution < 1.29 is 19.1 Å². The number of piperidine rings is 1. The van der Waals surface area contributed by atoms with E-state index in [0.717, 1.165) is 18.2 Å². The van der Waals surface area contributed by atoms with Gasteiger partial charge >= 0.3 is 0 Å². The van der Waals surface area contributed by atoms with Crippen LogP contribution in [0.25, 0.3) is 10.9 Å². The smallest absolute Gasteiger partial charge is 0.252 e. The highest BCUT2D eigenvalue weighted by Crippen LogP contribution is 2.41. The zero-order valence-corrected chi connectivity index (χ0v) is 17.7. The average molecular weight is 422 g/mol. The lowest BCUT2D eigenvalue weighted by molar-refractivity contribution is -0.132. The number of amides is 2. The number of hydrogen-bond acceptors (Lipinski definition) is 6. The zero-order valence-electron chi connectivity index (χ0n) is 17.7. The van der Waals surface area contributed by atoms with E-state index in [1.165, 1.54) is 0 Å². The summed E-state index contributed by atoms with van der Waals surface area (Å²) >= 11 is 0. The van der Waals surface area contributed by atoms with Gasteiger partial charge in [0.2, 0.25) is 5.91 Å². The van der Waals surface area contributed by atoms with E-state index in [9.17, 15) is 9.59 Å². The zero-order chi connectivity index (χ0) is 22.1. The summed E-state index contributed by atoms with van der Waals surface area (Å²) in [6.45, 7) is 5.06. The van der Waals surface area contributed by atoms with Crippen molar-refractivity contribution >= 4 is 22.7 Å². The Morgan fingerprint density at radius 3 is 2.81 bits per heavy atom. The number of carbonyl (C=O) groups excluding carboxylic acids is 2. The predicted octanol–water partition coefficient (Wildman–Crippen LogP) is 2.65. The summed E-state index contributed by atoms with van der Waals surface area (Å²) in [7, 11) is 0.